The van der Waals surface area contributed by atoms with Gasteiger partial charge in [0.2, 0.25) is 0 Å². The zero-order valence-electron chi connectivity index (χ0n) is 32.4. The maximum absolute atomic E-state index is 14.0. The summed E-state index contributed by atoms with van der Waals surface area (Å²) in [5.74, 6) is 2.21. The quantitative estimate of drug-likeness (QED) is 0.230. The van der Waals surface area contributed by atoms with E-state index in [1.807, 2.05) is 30.3 Å². The number of hydrogen-bond donors (Lipinski definition) is 1. The lowest BCUT2D eigenvalue weighted by Gasteiger charge is -2.74. The predicted molar refractivity (Wildman–Crippen MR) is 203 cm³/mol. The van der Waals surface area contributed by atoms with Crippen molar-refractivity contribution in [3.63, 3.8) is 0 Å². The van der Waals surface area contributed by atoms with Gasteiger partial charge in [-0.15, -0.1) is 0 Å². The largest absolute Gasteiger partial charge is 0.460 e. The Hall–Kier alpha value is -2.20. The molecule has 0 spiro atoms. The molecule has 274 valence electrons. The van der Waals surface area contributed by atoms with Crippen molar-refractivity contribution in [2.24, 2.45) is 61.9 Å². The van der Waals surface area contributed by atoms with Gasteiger partial charge in [-0.3, -0.25) is 9.18 Å². The first-order chi connectivity index (χ1) is 23.5. The summed E-state index contributed by atoms with van der Waals surface area (Å²) >= 11 is 0. The van der Waals surface area contributed by atoms with E-state index in [2.05, 4.69) is 67.2 Å². The lowest BCUT2D eigenvalue weighted by Crippen LogP contribution is -2.70. The normalized spacial score (nSPS) is 44.8. The summed E-state index contributed by atoms with van der Waals surface area (Å²) in [6.45, 7) is 22.2. The maximum atomic E-state index is 14.0. The number of ether oxygens (including phenoxy) is 1. The van der Waals surface area contributed by atoms with Crippen LogP contribution in [0.25, 0.3) is 0 Å². The molecule has 1 aromatic carbocycles. The molecule has 0 amide bonds. The van der Waals surface area contributed by atoms with E-state index in [9.17, 15) is 9.18 Å². The second-order valence-electron chi connectivity index (χ2n) is 19.7. The van der Waals surface area contributed by atoms with Crippen molar-refractivity contribution in [1.82, 2.24) is 0 Å². The van der Waals surface area contributed by atoms with Gasteiger partial charge in [0.15, 0.2) is 0 Å². The van der Waals surface area contributed by atoms with Crippen LogP contribution in [0.3, 0.4) is 0 Å². The fourth-order valence-electron chi connectivity index (χ4n) is 14.8. The molecule has 10 atom stereocenters. The van der Waals surface area contributed by atoms with Crippen LogP contribution in [0.15, 0.2) is 65.8 Å². The molecule has 0 aromatic heterocycles. The van der Waals surface area contributed by atoms with E-state index in [1.165, 1.54) is 55.2 Å². The highest BCUT2D eigenvalue weighted by Gasteiger charge is 2.73. The minimum Gasteiger partial charge on any atom is -0.460 e. The van der Waals surface area contributed by atoms with Crippen LogP contribution in [0.1, 0.15) is 138 Å². The van der Waals surface area contributed by atoms with Crippen LogP contribution < -0.4 is 5.73 Å². The number of hydrogen-bond acceptors (Lipinski definition) is 3. The number of fused-ring (bicyclic) bond motifs is 7. The molecule has 0 bridgehead atoms. The summed E-state index contributed by atoms with van der Waals surface area (Å²) in [5, 5.41) is 0. The molecule has 6 aliphatic carbocycles. The summed E-state index contributed by atoms with van der Waals surface area (Å²) in [7, 11) is 0. The number of rotatable bonds is 7. The Bertz CT molecular complexity index is 1580. The Morgan fingerprint density at radius 3 is 2.22 bits per heavy atom. The second kappa shape index (κ2) is 12.2. The highest BCUT2D eigenvalue weighted by Crippen LogP contribution is 2.78. The van der Waals surface area contributed by atoms with Crippen molar-refractivity contribution in [1.29, 1.82) is 0 Å². The van der Waals surface area contributed by atoms with Gasteiger partial charge >= 0.3 is 5.97 Å². The second-order valence-corrected chi connectivity index (χ2v) is 19.7. The average molecular weight is 684 g/mol. The number of benzene rings is 1. The number of allylic oxidation sites excluding steroid dienone is 5. The van der Waals surface area contributed by atoms with E-state index in [4.69, 9.17) is 10.5 Å². The van der Waals surface area contributed by atoms with Gasteiger partial charge in [0.1, 0.15) is 6.61 Å². The van der Waals surface area contributed by atoms with Gasteiger partial charge in [-0.05, 0) is 158 Å². The first kappa shape index (κ1) is 36.2. The average Bonchev–Trinajstić information content (AvgIpc) is 3.36. The van der Waals surface area contributed by atoms with Gasteiger partial charge in [0.25, 0.3) is 0 Å². The molecule has 7 rings (SSSR count). The van der Waals surface area contributed by atoms with Gasteiger partial charge in [0.05, 0.1) is 12.1 Å². The van der Waals surface area contributed by atoms with E-state index in [1.54, 1.807) is 0 Å². The number of nitrogens with two attached hydrogens (primary N) is 1. The van der Waals surface area contributed by atoms with Crippen molar-refractivity contribution >= 4 is 5.97 Å². The van der Waals surface area contributed by atoms with E-state index in [0.29, 0.717) is 36.5 Å². The molecule has 1 aromatic rings. The fourth-order valence-corrected chi connectivity index (χ4v) is 14.8. The Kier molecular flexibility index (Phi) is 8.81. The van der Waals surface area contributed by atoms with Crippen LogP contribution in [-0.4, -0.2) is 18.2 Å². The van der Waals surface area contributed by atoms with Gasteiger partial charge in [-0.25, -0.2) is 0 Å². The van der Waals surface area contributed by atoms with Crippen molar-refractivity contribution in [3.8, 4) is 0 Å². The molecule has 6 aliphatic rings. The monoisotopic (exact) mass is 684 g/mol. The van der Waals surface area contributed by atoms with Gasteiger partial charge in [-0.1, -0.05) is 96.2 Å². The smallest absolute Gasteiger partial charge is 0.312 e. The van der Waals surface area contributed by atoms with Crippen LogP contribution >= 0.6 is 0 Å². The van der Waals surface area contributed by atoms with Gasteiger partial charge in [0, 0.05) is 5.54 Å². The van der Waals surface area contributed by atoms with E-state index in [0.717, 1.165) is 31.2 Å². The number of carbonyl (C=O) groups excluding carboxylic acids is 1. The molecule has 0 radical (unpaired) electrons. The standard InChI is InChI=1S/C46H66FNO2/c1-31(2)34-19-25-46(48)27-26-43(7)38(44(34,46)8)15-14-37-41(5)21-18-35(40(3,4)36(41)20-22-42(37,43)6)33-16-23-45(24-17-33,28-29-47)39(49)50-30-32-12-10-9-11-13-32/h9-13,16,18,34,36-38H,1,14-15,17,19-30,48H2,2-8H3. The van der Waals surface area contributed by atoms with Crippen LogP contribution in [0.2, 0.25) is 0 Å². The Balaban J connectivity index is 1.14. The third-order valence-corrected chi connectivity index (χ3v) is 17.7. The molecule has 0 heterocycles. The Labute approximate surface area is 303 Å². The third-order valence-electron chi connectivity index (χ3n) is 17.7. The Morgan fingerprint density at radius 2 is 1.56 bits per heavy atom. The van der Waals surface area contributed by atoms with Crippen LogP contribution in [-0.2, 0) is 16.1 Å². The SMILES string of the molecule is C=C(C)C1CCC2(N)CCC3(C)C(CCC4C5(C)CC=C(C6=CCC(CCF)(C(=O)OCc7ccccc7)CC6)C(C)(C)C5CCC43C)C12C. The Morgan fingerprint density at radius 1 is 0.860 bits per heavy atom. The van der Waals surface area contributed by atoms with Gasteiger partial charge < -0.3 is 10.5 Å². The number of carbonyl (C=O) groups is 1. The van der Waals surface area contributed by atoms with Crippen molar-refractivity contribution in [3.05, 3.63) is 71.3 Å². The molecule has 2 N–H and O–H groups in total. The summed E-state index contributed by atoms with van der Waals surface area (Å²) in [6.07, 6.45) is 18.2. The highest BCUT2D eigenvalue weighted by atomic mass is 19.1. The molecule has 0 saturated heterocycles. The zero-order valence-corrected chi connectivity index (χ0v) is 32.4. The van der Waals surface area contributed by atoms with Crippen LogP contribution in [0.4, 0.5) is 4.39 Å². The van der Waals surface area contributed by atoms with Crippen LogP contribution in [0.5, 0.6) is 0 Å². The number of alkyl halides is 1. The van der Waals surface area contributed by atoms with E-state index in [-0.39, 0.29) is 51.6 Å². The summed E-state index contributed by atoms with van der Waals surface area (Å²) in [5.41, 5.74) is 12.7. The zero-order chi connectivity index (χ0) is 36.0. The first-order valence-corrected chi connectivity index (χ1v) is 20.1. The number of halogens is 1. The molecule has 4 heteroatoms. The van der Waals surface area contributed by atoms with E-state index < -0.39 is 12.1 Å². The number of esters is 1. The first-order valence-electron chi connectivity index (χ1n) is 20.1. The topological polar surface area (TPSA) is 52.3 Å². The molecular weight excluding hydrogens is 618 g/mol. The highest BCUT2D eigenvalue weighted by molar-refractivity contribution is 5.77. The molecule has 0 aliphatic heterocycles. The minimum atomic E-state index is -0.776. The third kappa shape index (κ3) is 4.91. The van der Waals surface area contributed by atoms with Gasteiger partial charge in [-0.2, -0.15) is 0 Å². The van der Waals surface area contributed by atoms with Crippen molar-refractivity contribution < 1.29 is 13.9 Å². The minimum absolute atomic E-state index is 0.0350. The summed E-state index contributed by atoms with van der Waals surface area (Å²) in [6, 6.07) is 9.80. The molecule has 4 fully saturated rings. The lowest BCUT2D eigenvalue weighted by atomic mass is 9.31. The lowest BCUT2D eigenvalue weighted by molar-refractivity contribution is -0.237. The molecular formula is C46H66FNO2. The molecule has 10 unspecified atom stereocenters. The molecule has 3 nitrogen and oxygen atoms in total. The predicted octanol–water partition coefficient (Wildman–Crippen LogP) is 11.5. The molecule has 4 saturated carbocycles. The molecule has 50 heavy (non-hydrogen) atoms. The fraction of sp³-hybridized carbons (Fsp3) is 0.717. The van der Waals surface area contributed by atoms with Crippen molar-refractivity contribution in [2.45, 2.75) is 144 Å². The summed E-state index contributed by atoms with van der Waals surface area (Å²) in [4.78, 5) is 13.5. The van der Waals surface area contributed by atoms with Crippen molar-refractivity contribution in [2.75, 3.05) is 6.67 Å². The maximum Gasteiger partial charge on any atom is 0.312 e. The van der Waals surface area contributed by atoms with E-state index >= 15 is 0 Å². The summed E-state index contributed by atoms with van der Waals surface area (Å²) < 4.78 is 19.8. The van der Waals surface area contributed by atoms with Crippen LogP contribution in [0, 0.1) is 56.2 Å².